The Morgan fingerprint density at radius 1 is 1.20 bits per heavy atom. The van der Waals surface area contributed by atoms with E-state index in [4.69, 9.17) is 14.2 Å². The Bertz CT molecular complexity index is 788. The van der Waals surface area contributed by atoms with Crippen LogP contribution in [0.25, 0.3) is 0 Å². The summed E-state index contributed by atoms with van der Waals surface area (Å²) in [5.41, 5.74) is 1.14. The van der Waals surface area contributed by atoms with Crippen LogP contribution in [0.2, 0.25) is 0 Å². The Kier molecular flexibility index (Phi) is 4.76. The molecule has 1 heterocycles. The number of esters is 1. The summed E-state index contributed by atoms with van der Waals surface area (Å²) >= 11 is 0. The van der Waals surface area contributed by atoms with Crippen molar-refractivity contribution >= 4 is 11.8 Å². The van der Waals surface area contributed by atoms with E-state index in [9.17, 15) is 9.59 Å². The van der Waals surface area contributed by atoms with Gasteiger partial charge in [0.15, 0.2) is 11.4 Å². The second-order valence-electron chi connectivity index (χ2n) is 10.9. The second kappa shape index (κ2) is 6.90. The number of Topliss-reactive ketones (excluding diaryl/α,β-unsaturated/α-hetero) is 1. The lowest BCUT2D eigenvalue weighted by Gasteiger charge is -2.58. The molecule has 8 atom stereocenters. The maximum Gasteiger partial charge on any atom is 0.302 e. The predicted molar refractivity (Wildman–Crippen MR) is 112 cm³/mol. The first kappa shape index (κ1) is 20.7. The van der Waals surface area contributed by atoms with Gasteiger partial charge >= 0.3 is 5.97 Å². The Labute approximate surface area is 179 Å². The van der Waals surface area contributed by atoms with Crippen molar-refractivity contribution in [3.8, 4) is 0 Å². The van der Waals surface area contributed by atoms with E-state index in [2.05, 4.69) is 19.9 Å². The molecule has 0 amide bonds. The molecule has 1 saturated heterocycles. The van der Waals surface area contributed by atoms with E-state index in [1.165, 1.54) is 18.9 Å². The summed E-state index contributed by atoms with van der Waals surface area (Å²) in [6.07, 6.45) is 10.4. The monoisotopic (exact) mass is 416 g/mol. The molecule has 0 unspecified atom stereocenters. The number of rotatable bonds is 5. The molecule has 166 valence electrons. The van der Waals surface area contributed by atoms with Gasteiger partial charge in [-0.15, -0.1) is 0 Å². The summed E-state index contributed by atoms with van der Waals surface area (Å²) in [5, 5.41) is 0. The van der Waals surface area contributed by atoms with Crippen molar-refractivity contribution in [3.63, 3.8) is 0 Å². The highest BCUT2D eigenvalue weighted by Gasteiger charge is 2.79. The van der Waals surface area contributed by atoms with Gasteiger partial charge in [-0.2, -0.15) is 0 Å². The van der Waals surface area contributed by atoms with Crippen LogP contribution in [-0.4, -0.2) is 43.3 Å². The predicted octanol–water partition coefficient (Wildman–Crippen LogP) is 4.23. The molecule has 1 aliphatic heterocycles. The molecule has 0 aromatic rings. The van der Waals surface area contributed by atoms with Gasteiger partial charge in [0, 0.05) is 32.3 Å². The van der Waals surface area contributed by atoms with Gasteiger partial charge < -0.3 is 14.2 Å². The number of ketones is 1. The zero-order valence-electron chi connectivity index (χ0n) is 18.9. The van der Waals surface area contributed by atoms with Crippen molar-refractivity contribution < 1.29 is 23.8 Å². The lowest BCUT2D eigenvalue weighted by molar-refractivity contribution is -0.149. The molecule has 5 rings (SSSR count). The fraction of sp³-hybridized carbons (Fsp3) is 0.840. The Morgan fingerprint density at radius 3 is 2.73 bits per heavy atom. The van der Waals surface area contributed by atoms with Crippen molar-refractivity contribution in [1.82, 2.24) is 0 Å². The quantitative estimate of drug-likeness (QED) is 0.381. The van der Waals surface area contributed by atoms with Crippen LogP contribution in [0.5, 0.6) is 0 Å². The van der Waals surface area contributed by atoms with Crippen LogP contribution >= 0.6 is 0 Å². The van der Waals surface area contributed by atoms with Crippen molar-refractivity contribution in [2.24, 2.45) is 28.6 Å². The standard InChI is InChI=1S/C25H36O5/c1-15(26)29-17-7-10-23(2)16(13-17)5-6-18-19(23)8-11-24(3)20(18)14-22-25(24,30-22)21(27)9-12-28-4/h5,17-20,22H,6-14H2,1-4H3/t17-,18-,19+,20+,22+,23+,24+,25+/m1/s1. The molecule has 0 spiro atoms. The lowest BCUT2D eigenvalue weighted by Crippen LogP contribution is -2.54. The molecule has 5 nitrogen and oxygen atoms in total. The van der Waals surface area contributed by atoms with Gasteiger partial charge in [-0.1, -0.05) is 25.5 Å². The third-order valence-electron chi connectivity index (χ3n) is 9.77. The minimum atomic E-state index is -0.543. The molecule has 0 radical (unpaired) electrons. The van der Waals surface area contributed by atoms with Crippen LogP contribution in [0.4, 0.5) is 0 Å². The van der Waals surface area contributed by atoms with E-state index in [-0.39, 0.29) is 34.8 Å². The number of ether oxygens (including phenoxy) is 3. The molecule has 0 bridgehead atoms. The average Bonchev–Trinajstić information content (AvgIpc) is 3.38. The fourth-order valence-corrected chi connectivity index (χ4v) is 8.26. The number of hydrogen-bond acceptors (Lipinski definition) is 5. The molecule has 4 fully saturated rings. The summed E-state index contributed by atoms with van der Waals surface area (Å²) in [7, 11) is 1.66. The molecule has 0 aromatic heterocycles. The van der Waals surface area contributed by atoms with Crippen LogP contribution in [-0.2, 0) is 23.8 Å². The lowest BCUT2D eigenvalue weighted by atomic mass is 9.47. The van der Waals surface area contributed by atoms with Gasteiger partial charge in [0.05, 0.1) is 12.7 Å². The first-order valence-electron chi connectivity index (χ1n) is 11.8. The van der Waals surface area contributed by atoms with Crippen LogP contribution in [0.15, 0.2) is 11.6 Å². The fourth-order valence-electron chi connectivity index (χ4n) is 8.26. The number of carbonyl (C=O) groups is 2. The van der Waals surface area contributed by atoms with Crippen molar-refractivity contribution in [1.29, 1.82) is 0 Å². The summed E-state index contributed by atoms with van der Waals surface area (Å²) in [5.74, 6) is 1.95. The number of hydrogen-bond donors (Lipinski definition) is 0. The first-order chi connectivity index (χ1) is 14.3. The van der Waals surface area contributed by atoms with E-state index >= 15 is 0 Å². The van der Waals surface area contributed by atoms with Crippen LogP contribution < -0.4 is 0 Å². The van der Waals surface area contributed by atoms with E-state index in [1.54, 1.807) is 7.11 Å². The van der Waals surface area contributed by atoms with Gasteiger partial charge in [0.1, 0.15) is 6.10 Å². The zero-order valence-corrected chi connectivity index (χ0v) is 18.9. The van der Waals surface area contributed by atoms with E-state index in [1.807, 2.05) is 0 Å². The highest BCUT2D eigenvalue weighted by atomic mass is 16.6. The van der Waals surface area contributed by atoms with Crippen molar-refractivity contribution in [3.05, 3.63) is 11.6 Å². The van der Waals surface area contributed by atoms with Gasteiger partial charge in [-0.25, -0.2) is 0 Å². The maximum atomic E-state index is 13.1. The van der Waals surface area contributed by atoms with E-state index in [0.29, 0.717) is 30.8 Å². The maximum absolute atomic E-state index is 13.1. The summed E-state index contributed by atoms with van der Waals surface area (Å²) in [6.45, 7) is 6.79. The Hall–Kier alpha value is -1.20. The molecule has 5 heteroatoms. The normalized spacial score (nSPS) is 48.5. The number of methoxy groups -OCH3 is 1. The summed E-state index contributed by atoms with van der Waals surface area (Å²) < 4.78 is 16.9. The van der Waals surface area contributed by atoms with E-state index < -0.39 is 5.60 Å². The Morgan fingerprint density at radius 2 is 2.00 bits per heavy atom. The van der Waals surface area contributed by atoms with Gasteiger partial charge in [0.2, 0.25) is 0 Å². The zero-order chi connectivity index (χ0) is 21.3. The van der Waals surface area contributed by atoms with Crippen molar-refractivity contribution in [2.75, 3.05) is 13.7 Å². The van der Waals surface area contributed by atoms with E-state index in [0.717, 1.165) is 38.5 Å². The van der Waals surface area contributed by atoms with Gasteiger partial charge in [-0.3, -0.25) is 9.59 Å². The second-order valence-corrected chi connectivity index (χ2v) is 10.9. The molecule has 4 aliphatic carbocycles. The summed E-state index contributed by atoms with van der Waals surface area (Å²) in [4.78, 5) is 24.6. The van der Waals surface area contributed by atoms with Gasteiger partial charge in [0.25, 0.3) is 0 Å². The number of carbonyl (C=O) groups excluding carboxylic acids is 2. The molecule has 0 N–H and O–H groups in total. The minimum absolute atomic E-state index is 0.0414. The third kappa shape index (κ3) is 2.67. The number of fused-ring (bicyclic) bond motifs is 7. The summed E-state index contributed by atoms with van der Waals surface area (Å²) in [6, 6.07) is 0. The minimum Gasteiger partial charge on any atom is -0.462 e. The third-order valence-corrected chi connectivity index (χ3v) is 9.77. The topological polar surface area (TPSA) is 65.1 Å². The van der Waals surface area contributed by atoms with Gasteiger partial charge in [-0.05, 0) is 61.7 Å². The average molecular weight is 417 g/mol. The number of allylic oxidation sites excluding steroid dienone is 1. The Balaban J connectivity index is 1.38. The smallest absolute Gasteiger partial charge is 0.302 e. The molecule has 30 heavy (non-hydrogen) atoms. The van der Waals surface area contributed by atoms with Crippen molar-refractivity contribution in [2.45, 2.75) is 89.9 Å². The van der Waals surface area contributed by atoms with Crippen LogP contribution in [0, 0.1) is 28.6 Å². The largest absolute Gasteiger partial charge is 0.462 e. The SMILES string of the molecule is COCCC(=O)[C@]12O[C@H]1C[C@H]1[C@@H]3CC=C4C[C@H](OC(C)=O)CC[C@]4(C)[C@H]3CC[C@@]12C. The highest BCUT2D eigenvalue weighted by Crippen LogP contribution is 2.73. The highest BCUT2D eigenvalue weighted by molar-refractivity contribution is 5.92. The molecule has 5 aliphatic rings. The number of epoxide rings is 1. The van der Waals surface area contributed by atoms with Crippen LogP contribution in [0.3, 0.4) is 0 Å². The molecule has 0 aromatic carbocycles. The van der Waals surface area contributed by atoms with Crippen LogP contribution in [0.1, 0.15) is 72.1 Å². The first-order valence-corrected chi connectivity index (χ1v) is 11.8. The molecular weight excluding hydrogens is 380 g/mol. The molecular formula is C25H36O5. The molecule has 3 saturated carbocycles.